The number of hydrogen-bond acceptors (Lipinski definition) is 4. The second-order valence-corrected chi connectivity index (χ2v) is 4.32. The van der Waals surface area contributed by atoms with E-state index in [1.165, 1.54) is 0 Å². The SMILES string of the molecule is Clc1nnc(Cl)c2nc(-c3ccccc3)ncc12. The van der Waals surface area contributed by atoms with Gasteiger partial charge in [0.15, 0.2) is 16.1 Å². The molecule has 2 aromatic heterocycles. The summed E-state index contributed by atoms with van der Waals surface area (Å²) in [5.41, 5.74) is 1.41. The predicted octanol–water partition coefficient (Wildman–Crippen LogP) is 3.39. The summed E-state index contributed by atoms with van der Waals surface area (Å²) in [7, 11) is 0. The van der Waals surface area contributed by atoms with Crippen LogP contribution in [0.4, 0.5) is 0 Å². The molecule has 0 aliphatic heterocycles. The lowest BCUT2D eigenvalue weighted by Crippen LogP contribution is -1.94. The van der Waals surface area contributed by atoms with Crippen LogP contribution in [0.25, 0.3) is 22.3 Å². The van der Waals surface area contributed by atoms with E-state index in [2.05, 4.69) is 20.2 Å². The Bertz CT molecular complexity index is 716. The summed E-state index contributed by atoms with van der Waals surface area (Å²) in [6.07, 6.45) is 1.60. The molecule has 0 saturated heterocycles. The molecule has 0 atom stereocenters. The highest BCUT2D eigenvalue weighted by Gasteiger charge is 2.10. The van der Waals surface area contributed by atoms with E-state index in [4.69, 9.17) is 23.2 Å². The maximum Gasteiger partial charge on any atom is 0.178 e. The average Bonchev–Trinajstić information content (AvgIpc) is 2.44. The zero-order valence-electron chi connectivity index (χ0n) is 9.01. The van der Waals surface area contributed by atoms with E-state index < -0.39 is 0 Å². The standard InChI is InChI=1S/C12H6Cl2N4/c13-10-8-6-15-12(7-4-2-1-3-5-7)16-9(8)11(14)18-17-10/h1-6H. The molecule has 0 amide bonds. The van der Waals surface area contributed by atoms with Gasteiger partial charge in [-0.25, -0.2) is 9.97 Å². The minimum atomic E-state index is 0.217. The maximum absolute atomic E-state index is 5.97. The number of aromatic nitrogens is 4. The van der Waals surface area contributed by atoms with Crippen LogP contribution < -0.4 is 0 Å². The van der Waals surface area contributed by atoms with Crippen LogP contribution in [0.3, 0.4) is 0 Å². The zero-order chi connectivity index (χ0) is 12.5. The minimum absolute atomic E-state index is 0.217. The van der Waals surface area contributed by atoms with Crippen LogP contribution >= 0.6 is 23.2 Å². The number of rotatable bonds is 1. The van der Waals surface area contributed by atoms with Crippen molar-refractivity contribution in [3.63, 3.8) is 0 Å². The molecule has 0 bridgehead atoms. The summed E-state index contributed by atoms with van der Waals surface area (Å²) in [5.74, 6) is 0.578. The number of benzene rings is 1. The van der Waals surface area contributed by atoms with Gasteiger partial charge < -0.3 is 0 Å². The van der Waals surface area contributed by atoms with Gasteiger partial charge in [0, 0.05) is 11.8 Å². The smallest absolute Gasteiger partial charge is 0.178 e. The van der Waals surface area contributed by atoms with E-state index in [1.54, 1.807) is 6.20 Å². The van der Waals surface area contributed by atoms with Gasteiger partial charge in [-0.15, -0.1) is 10.2 Å². The molecule has 3 rings (SSSR count). The molecule has 0 aliphatic rings. The molecule has 18 heavy (non-hydrogen) atoms. The molecule has 6 heteroatoms. The van der Waals surface area contributed by atoms with Crippen molar-refractivity contribution in [2.24, 2.45) is 0 Å². The fraction of sp³-hybridized carbons (Fsp3) is 0. The third kappa shape index (κ3) is 1.89. The molecule has 4 nitrogen and oxygen atoms in total. The molecule has 0 N–H and O–H groups in total. The number of hydrogen-bond donors (Lipinski definition) is 0. The third-order valence-electron chi connectivity index (χ3n) is 2.46. The molecule has 0 unspecified atom stereocenters. The Kier molecular flexibility index (Phi) is 2.81. The van der Waals surface area contributed by atoms with Crippen molar-refractivity contribution in [3.05, 3.63) is 46.8 Å². The van der Waals surface area contributed by atoms with Crippen LogP contribution in [0, 0.1) is 0 Å². The quantitative estimate of drug-likeness (QED) is 0.684. The fourth-order valence-corrected chi connectivity index (χ4v) is 1.96. The Labute approximate surface area is 113 Å². The Morgan fingerprint density at radius 2 is 1.61 bits per heavy atom. The van der Waals surface area contributed by atoms with Crippen molar-refractivity contribution in [1.29, 1.82) is 0 Å². The van der Waals surface area contributed by atoms with Gasteiger partial charge in [-0.2, -0.15) is 0 Å². The van der Waals surface area contributed by atoms with Gasteiger partial charge in [-0.3, -0.25) is 0 Å². The molecule has 0 spiro atoms. The minimum Gasteiger partial charge on any atom is -0.236 e. The molecule has 0 aliphatic carbocycles. The van der Waals surface area contributed by atoms with E-state index in [9.17, 15) is 0 Å². The molecule has 0 radical (unpaired) electrons. The fourth-order valence-electron chi connectivity index (χ4n) is 1.61. The van der Waals surface area contributed by atoms with Crippen molar-refractivity contribution in [2.75, 3.05) is 0 Å². The summed E-state index contributed by atoms with van der Waals surface area (Å²) < 4.78 is 0. The topological polar surface area (TPSA) is 51.6 Å². The van der Waals surface area contributed by atoms with Crippen molar-refractivity contribution < 1.29 is 0 Å². The van der Waals surface area contributed by atoms with Crippen LogP contribution in [0.1, 0.15) is 0 Å². The molecule has 1 aromatic carbocycles. The first-order valence-electron chi connectivity index (χ1n) is 5.15. The van der Waals surface area contributed by atoms with Crippen LogP contribution in [-0.2, 0) is 0 Å². The van der Waals surface area contributed by atoms with Gasteiger partial charge in [-0.1, -0.05) is 53.5 Å². The van der Waals surface area contributed by atoms with E-state index in [-0.39, 0.29) is 10.3 Å². The number of fused-ring (bicyclic) bond motifs is 1. The van der Waals surface area contributed by atoms with Crippen LogP contribution in [0.2, 0.25) is 10.3 Å². The number of halogens is 2. The Balaban J connectivity index is 2.26. The Hall–Kier alpha value is -1.78. The first-order chi connectivity index (χ1) is 8.75. The van der Waals surface area contributed by atoms with Gasteiger partial charge in [0.05, 0.1) is 5.39 Å². The normalized spacial score (nSPS) is 10.8. The summed E-state index contributed by atoms with van der Waals surface area (Å²) in [6.45, 7) is 0. The lowest BCUT2D eigenvalue weighted by atomic mass is 10.2. The molecular weight excluding hydrogens is 271 g/mol. The monoisotopic (exact) mass is 276 g/mol. The highest BCUT2D eigenvalue weighted by atomic mass is 35.5. The first-order valence-corrected chi connectivity index (χ1v) is 5.91. The van der Waals surface area contributed by atoms with Crippen LogP contribution in [0.15, 0.2) is 36.5 Å². The molecular formula is C12H6Cl2N4. The van der Waals surface area contributed by atoms with Crippen molar-refractivity contribution in [1.82, 2.24) is 20.2 Å². The van der Waals surface area contributed by atoms with E-state index in [0.717, 1.165) is 5.56 Å². The lowest BCUT2D eigenvalue weighted by molar-refractivity contribution is 1.04. The molecule has 3 aromatic rings. The van der Waals surface area contributed by atoms with Gasteiger partial charge in [0.1, 0.15) is 5.52 Å². The Morgan fingerprint density at radius 1 is 0.889 bits per heavy atom. The highest BCUT2D eigenvalue weighted by molar-refractivity contribution is 6.37. The van der Waals surface area contributed by atoms with Crippen LogP contribution in [0.5, 0.6) is 0 Å². The number of nitrogens with zero attached hydrogens (tertiary/aromatic N) is 4. The van der Waals surface area contributed by atoms with Gasteiger partial charge in [-0.05, 0) is 0 Å². The van der Waals surface area contributed by atoms with E-state index in [1.807, 2.05) is 30.3 Å². The van der Waals surface area contributed by atoms with Crippen LogP contribution in [-0.4, -0.2) is 20.2 Å². The maximum atomic E-state index is 5.97. The zero-order valence-corrected chi connectivity index (χ0v) is 10.5. The van der Waals surface area contributed by atoms with E-state index in [0.29, 0.717) is 16.7 Å². The summed E-state index contributed by atoms with van der Waals surface area (Å²) in [4.78, 5) is 8.63. The summed E-state index contributed by atoms with van der Waals surface area (Å²) in [6, 6.07) is 9.61. The largest absolute Gasteiger partial charge is 0.236 e. The van der Waals surface area contributed by atoms with Crippen molar-refractivity contribution in [2.45, 2.75) is 0 Å². The first kappa shape index (κ1) is 11.3. The second-order valence-electron chi connectivity index (χ2n) is 3.60. The van der Waals surface area contributed by atoms with E-state index >= 15 is 0 Å². The highest BCUT2D eigenvalue weighted by Crippen LogP contribution is 2.25. The molecule has 0 saturated carbocycles. The van der Waals surface area contributed by atoms with Crippen molar-refractivity contribution >= 4 is 34.1 Å². The molecule has 0 fully saturated rings. The predicted molar refractivity (Wildman–Crippen MR) is 70.6 cm³/mol. The molecule has 88 valence electrons. The lowest BCUT2D eigenvalue weighted by Gasteiger charge is -2.03. The average molecular weight is 277 g/mol. The second kappa shape index (κ2) is 4.48. The molecule has 2 heterocycles. The summed E-state index contributed by atoms with van der Waals surface area (Å²) >= 11 is 11.9. The summed E-state index contributed by atoms with van der Waals surface area (Å²) in [5, 5.41) is 8.50. The van der Waals surface area contributed by atoms with Crippen molar-refractivity contribution in [3.8, 4) is 11.4 Å². The Morgan fingerprint density at radius 3 is 2.39 bits per heavy atom. The van der Waals surface area contributed by atoms with Gasteiger partial charge in [0.25, 0.3) is 0 Å². The van der Waals surface area contributed by atoms with Gasteiger partial charge in [0.2, 0.25) is 0 Å². The van der Waals surface area contributed by atoms with Gasteiger partial charge >= 0.3 is 0 Å². The third-order valence-corrected chi connectivity index (χ3v) is 3.00.